The van der Waals surface area contributed by atoms with Crippen LogP contribution in [0, 0.1) is 6.92 Å². The number of amides is 2. The lowest BCUT2D eigenvalue weighted by molar-refractivity contribution is -0.118. The highest BCUT2D eigenvalue weighted by molar-refractivity contribution is 5.97. The van der Waals surface area contributed by atoms with Crippen molar-refractivity contribution in [3.8, 4) is 5.75 Å². The number of rotatable bonds is 5. The minimum Gasteiger partial charge on any atom is -0.483 e. The fraction of sp³-hybridized carbons (Fsp3) is 0.333. The molecule has 136 valence electrons. The van der Waals surface area contributed by atoms with E-state index < -0.39 is 0 Å². The zero-order valence-corrected chi connectivity index (χ0v) is 15.0. The van der Waals surface area contributed by atoms with Crippen molar-refractivity contribution in [1.82, 2.24) is 4.90 Å². The maximum atomic E-state index is 12.6. The number of likely N-dealkylation sites (tertiary alicyclic amines) is 1. The average Bonchev–Trinajstić information content (AvgIpc) is 2.68. The van der Waals surface area contributed by atoms with E-state index in [4.69, 9.17) is 4.74 Å². The van der Waals surface area contributed by atoms with Crippen LogP contribution < -0.4 is 10.1 Å². The Morgan fingerprint density at radius 1 is 1.04 bits per heavy atom. The second-order valence-corrected chi connectivity index (χ2v) is 6.54. The summed E-state index contributed by atoms with van der Waals surface area (Å²) in [6.45, 7) is 3.47. The van der Waals surface area contributed by atoms with Crippen molar-refractivity contribution >= 4 is 17.5 Å². The van der Waals surface area contributed by atoms with Crippen molar-refractivity contribution in [1.29, 1.82) is 0 Å². The number of anilines is 1. The number of nitrogens with zero attached hydrogens (tertiary/aromatic N) is 1. The van der Waals surface area contributed by atoms with Crippen molar-refractivity contribution in [3.63, 3.8) is 0 Å². The second-order valence-electron chi connectivity index (χ2n) is 6.54. The molecule has 26 heavy (non-hydrogen) atoms. The highest BCUT2D eigenvalue weighted by Crippen LogP contribution is 2.18. The Bertz CT molecular complexity index is 782. The van der Waals surface area contributed by atoms with Gasteiger partial charge in [0.25, 0.3) is 11.8 Å². The Labute approximate surface area is 154 Å². The maximum Gasteiger partial charge on any atom is 0.262 e. The Kier molecular flexibility index (Phi) is 5.89. The van der Waals surface area contributed by atoms with Crippen LogP contribution >= 0.6 is 0 Å². The molecule has 2 amide bonds. The van der Waals surface area contributed by atoms with Crippen LogP contribution in [-0.4, -0.2) is 36.4 Å². The lowest BCUT2D eigenvalue weighted by atomic mass is 10.1. The first-order valence-corrected chi connectivity index (χ1v) is 9.01. The van der Waals surface area contributed by atoms with Gasteiger partial charge >= 0.3 is 0 Å². The van der Waals surface area contributed by atoms with E-state index in [9.17, 15) is 9.59 Å². The lowest BCUT2D eigenvalue weighted by Crippen LogP contribution is -2.35. The van der Waals surface area contributed by atoms with E-state index in [1.165, 1.54) is 6.42 Å². The van der Waals surface area contributed by atoms with Gasteiger partial charge in [-0.3, -0.25) is 9.59 Å². The SMILES string of the molecule is Cc1ccccc1OCC(=O)Nc1cccc(C(=O)N2CCCCC2)c1. The number of hydrogen-bond donors (Lipinski definition) is 1. The molecule has 0 radical (unpaired) electrons. The Morgan fingerprint density at radius 3 is 2.58 bits per heavy atom. The number of nitrogens with one attached hydrogen (secondary N) is 1. The van der Waals surface area contributed by atoms with Crippen LogP contribution in [0.5, 0.6) is 5.75 Å². The summed E-state index contributed by atoms with van der Waals surface area (Å²) >= 11 is 0. The van der Waals surface area contributed by atoms with Crippen LogP contribution in [0.15, 0.2) is 48.5 Å². The van der Waals surface area contributed by atoms with Crippen molar-refractivity contribution in [3.05, 3.63) is 59.7 Å². The first-order valence-electron chi connectivity index (χ1n) is 9.01. The fourth-order valence-electron chi connectivity index (χ4n) is 3.07. The topological polar surface area (TPSA) is 58.6 Å². The van der Waals surface area contributed by atoms with Crippen LogP contribution in [0.3, 0.4) is 0 Å². The molecule has 1 aliphatic heterocycles. The van der Waals surface area contributed by atoms with E-state index in [0.29, 0.717) is 17.0 Å². The van der Waals surface area contributed by atoms with Crippen LogP contribution in [0.25, 0.3) is 0 Å². The molecule has 1 fully saturated rings. The molecule has 2 aromatic carbocycles. The third-order valence-electron chi connectivity index (χ3n) is 4.49. The molecule has 2 aromatic rings. The normalized spacial score (nSPS) is 14.0. The molecule has 0 atom stereocenters. The zero-order chi connectivity index (χ0) is 18.4. The smallest absolute Gasteiger partial charge is 0.262 e. The standard InChI is InChI=1S/C21H24N2O3/c1-16-8-3-4-11-19(16)26-15-20(24)22-18-10-7-9-17(14-18)21(25)23-12-5-2-6-13-23/h3-4,7-11,14H,2,5-6,12-13,15H2,1H3,(H,22,24). The molecule has 0 bridgehead atoms. The molecule has 0 spiro atoms. The number of benzene rings is 2. The van der Waals surface area contributed by atoms with E-state index >= 15 is 0 Å². The lowest BCUT2D eigenvalue weighted by Gasteiger charge is -2.26. The minimum absolute atomic E-state index is 0.0250. The monoisotopic (exact) mass is 352 g/mol. The number of aryl methyl sites for hydroxylation is 1. The number of ether oxygens (including phenoxy) is 1. The zero-order valence-electron chi connectivity index (χ0n) is 15.0. The third kappa shape index (κ3) is 4.63. The van der Waals surface area contributed by atoms with Gasteiger partial charge in [-0.05, 0) is 56.0 Å². The number of carbonyl (C=O) groups is 2. The molecule has 5 nitrogen and oxygen atoms in total. The molecule has 1 saturated heterocycles. The van der Waals surface area contributed by atoms with E-state index in [-0.39, 0.29) is 18.4 Å². The summed E-state index contributed by atoms with van der Waals surface area (Å²) in [6.07, 6.45) is 3.29. The summed E-state index contributed by atoms with van der Waals surface area (Å²) in [4.78, 5) is 26.6. The molecule has 0 aliphatic carbocycles. The number of hydrogen-bond acceptors (Lipinski definition) is 3. The molecule has 0 unspecified atom stereocenters. The van der Waals surface area contributed by atoms with Gasteiger partial charge in [-0.25, -0.2) is 0 Å². The van der Waals surface area contributed by atoms with Gasteiger partial charge in [0.2, 0.25) is 0 Å². The second kappa shape index (κ2) is 8.52. The van der Waals surface area contributed by atoms with Crippen molar-refractivity contribution in [2.45, 2.75) is 26.2 Å². The third-order valence-corrected chi connectivity index (χ3v) is 4.49. The van der Waals surface area contributed by atoms with Crippen molar-refractivity contribution < 1.29 is 14.3 Å². The van der Waals surface area contributed by atoms with E-state index in [1.54, 1.807) is 24.3 Å². The predicted molar refractivity (Wildman–Crippen MR) is 102 cm³/mol. The summed E-state index contributed by atoms with van der Waals surface area (Å²) in [7, 11) is 0. The van der Waals surface area contributed by atoms with E-state index in [0.717, 1.165) is 31.5 Å². The van der Waals surface area contributed by atoms with Crippen LogP contribution in [0.1, 0.15) is 35.2 Å². The average molecular weight is 352 g/mol. The Hall–Kier alpha value is -2.82. The molecule has 1 heterocycles. The molecule has 3 rings (SSSR count). The van der Waals surface area contributed by atoms with Crippen LogP contribution in [0.2, 0.25) is 0 Å². The predicted octanol–water partition coefficient (Wildman–Crippen LogP) is 3.64. The fourth-order valence-corrected chi connectivity index (χ4v) is 3.07. The van der Waals surface area contributed by atoms with Crippen LogP contribution in [-0.2, 0) is 4.79 Å². The van der Waals surface area contributed by atoms with Crippen molar-refractivity contribution in [2.24, 2.45) is 0 Å². The van der Waals surface area contributed by atoms with Crippen molar-refractivity contribution in [2.75, 3.05) is 25.0 Å². The molecular weight excluding hydrogens is 328 g/mol. The van der Waals surface area contributed by atoms with Gasteiger partial charge in [0.05, 0.1) is 0 Å². The highest BCUT2D eigenvalue weighted by Gasteiger charge is 2.18. The summed E-state index contributed by atoms with van der Waals surface area (Å²) < 4.78 is 5.56. The number of carbonyl (C=O) groups excluding carboxylic acids is 2. The summed E-state index contributed by atoms with van der Waals surface area (Å²) in [6, 6.07) is 14.6. The van der Waals surface area contributed by atoms with Gasteiger partial charge in [0.1, 0.15) is 5.75 Å². The molecule has 0 saturated carbocycles. The van der Waals surface area contributed by atoms with Gasteiger partial charge in [0, 0.05) is 24.3 Å². The first-order chi connectivity index (χ1) is 12.6. The van der Waals surface area contributed by atoms with E-state index in [1.807, 2.05) is 36.1 Å². The summed E-state index contributed by atoms with van der Waals surface area (Å²) in [5.74, 6) is 0.462. The van der Waals surface area contributed by atoms with E-state index in [2.05, 4.69) is 5.32 Å². The largest absolute Gasteiger partial charge is 0.483 e. The molecule has 1 N–H and O–H groups in total. The summed E-state index contributed by atoms with van der Waals surface area (Å²) in [5, 5.41) is 2.80. The van der Waals surface area contributed by atoms with Gasteiger partial charge in [-0.15, -0.1) is 0 Å². The number of para-hydroxylation sites is 1. The number of piperidine rings is 1. The van der Waals surface area contributed by atoms with Gasteiger partial charge in [0.15, 0.2) is 6.61 Å². The molecule has 5 heteroatoms. The summed E-state index contributed by atoms with van der Waals surface area (Å²) in [5.41, 5.74) is 2.19. The Balaban J connectivity index is 1.58. The maximum absolute atomic E-state index is 12.6. The van der Waals surface area contributed by atoms with Gasteiger partial charge in [-0.2, -0.15) is 0 Å². The van der Waals surface area contributed by atoms with Gasteiger partial charge in [-0.1, -0.05) is 24.3 Å². The highest BCUT2D eigenvalue weighted by atomic mass is 16.5. The molecular formula is C21H24N2O3. The van der Waals surface area contributed by atoms with Crippen LogP contribution in [0.4, 0.5) is 5.69 Å². The Morgan fingerprint density at radius 2 is 1.81 bits per heavy atom. The molecule has 0 aromatic heterocycles. The minimum atomic E-state index is -0.254. The van der Waals surface area contributed by atoms with Gasteiger partial charge < -0.3 is 15.0 Å². The quantitative estimate of drug-likeness (QED) is 0.894. The first kappa shape index (κ1) is 18.0. The molecule has 1 aliphatic rings.